The molecule has 0 saturated heterocycles. The Kier molecular flexibility index (Phi) is 7.02. The van der Waals surface area contributed by atoms with Crippen LogP contribution in [0.15, 0.2) is 60.7 Å². The summed E-state index contributed by atoms with van der Waals surface area (Å²) in [5.74, 6) is -0.558. The van der Waals surface area contributed by atoms with Crippen molar-refractivity contribution in [2.24, 2.45) is 5.92 Å². The number of rotatable bonds is 8. The van der Waals surface area contributed by atoms with Gasteiger partial charge in [-0.3, -0.25) is 9.59 Å². The second-order valence-electron chi connectivity index (χ2n) is 5.81. The molecule has 0 saturated carbocycles. The smallest absolute Gasteiger partial charge is 0.228 e. The van der Waals surface area contributed by atoms with Crippen LogP contribution in [0.2, 0.25) is 0 Å². The molecule has 1 atom stereocenters. The molecule has 0 unspecified atom stereocenters. The summed E-state index contributed by atoms with van der Waals surface area (Å²) in [6, 6.07) is 18.6. The van der Waals surface area contributed by atoms with Gasteiger partial charge in [0.05, 0.1) is 0 Å². The van der Waals surface area contributed by atoms with Crippen LogP contribution < -0.4 is 10.6 Å². The minimum Gasteiger partial charge on any atom is -0.326 e. The third-order valence-electron chi connectivity index (χ3n) is 3.81. The largest absolute Gasteiger partial charge is 0.326 e. The van der Waals surface area contributed by atoms with Crippen molar-refractivity contribution in [1.29, 1.82) is 0 Å². The summed E-state index contributed by atoms with van der Waals surface area (Å²) in [5, 5.41) is 5.75. The van der Waals surface area contributed by atoms with Crippen molar-refractivity contribution in [2.45, 2.75) is 32.6 Å². The maximum atomic E-state index is 12.5. The van der Waals surface area contributed by atoms with Gasteiger partial charge in [0, 0.05) is 23.7 Å². The molecule has 0 aromatic heterocycles. The van der Waals surface area contributed by atoms with E-state index < -0.39 is 0 Å². The molecule has 0 aliphatic carbocycles. The summed E-state index contributed by atoms with van der Waals surface area (Å²) >= 11 is 0. The Balaban J connectivity index is 1.96. The Labute approximate surface area is 143 Å². The van der Waals surface area contributed by atoms with Crippen LogP contribution >= 0.6 is 0 Å². The van der Waals surface area contributed by atoms with Crippen LogP contribution in [0, 0.1) is 5.92 Å². The molecular formula is C20H24N2O2. The van der Waals surface area contributed by atoms with Gasteiger partial charge in [0.1, 0.15) is 0 Å². The fourth-order valence-electron chi connectivity index (χ4n) is 2.50. The van der Waals surface area contributed by atoms with E-state index in [0.717, 1.165) is 24.2 Å². The van der Waals surface area contributed by atoms with Gasteiger partial charge in [0.2, 0.25) is 11.8 Å². The number of hydrogen-bond acceptors (Lipinski definition) is 2. The zero-order valence-electron chi connectivity index (χ0n) is 14.0. The molecule has 0 aliphatic heterocycles. The van der Waals surface area contributed by atoms with E-state index in [0.29, 0.717) is 6.42 Å². The van der Waals surface area contributed by atoms with Crippen molar-refractivity contribution in [3.8, 4) is 0 Å². The monoisotopic (exact) mass is 324 g/mol. The first-order valence-corrected chi connectivity index (χ1v) is 8.40. The molecule has 0 spiro atoms. The molecule has 0 heterocycles. The van der Waals surface area contributed by atoms with Crippen LogP contribution in [0.5, 0.6) is 0 Å². The highest BCUT2D eigenvalue weighted by atomic mass is 16.2. The molecule has 2 rings (SSSR count). The van der Waals surface area contributed by atoms with Crippen LogP contribution in [-0.4, -0.2) is 11.8 Å². The van der Waals surface area contributed by atoms with E-state index in [1.165, 1.54) is 0 Å². The van der Waals surface area contributed by atoms with Crippen LogP contribution in [0.4, 0.5) is 11.4 Å². The van der Waals surface area contributed by atoms with Gasteiger partial charge in [-0.2, -0.15) is 0 Å². The zero-order chi connectivity index (χ0) is 17.2. The number of carbonyl (C=O) groups excluding carboxylic acids is 2. The highest BCUT2D eigenvalue weighted by Gasteiger charge is 2.21. The maximum Gasteiger partial charge on any atom is 0.228 e. The van der Waals surface area contributed by atoms with Crippen LogP contribution in [0.3, 0.4) is 0 Å². The van der Waals surface area contributed by atoms with Gasteiger partial charge in [0.15, 0.2) is 0 Å². The maximum absolute atomic E-state index is 12.5. The number of anilines is 2. The summed E-state index contributed by atoms with van der Waals surface area (Å²) in [7, 11) is 0. The minimum absolute atomic E-state index is 0.0992. The summed E-state index contributed by atoms with van der Waals surface area (Å²) in [5.41, 5.74) is 1.51. The lowest BCUT2D eigenvalue weighted by atomic mass is 9.96. The lowest BCUT2D eigenvalue weighted by molar-refractivity contribution is -0.125. The van der Waals surface area contributed by atoms with Crippen molar-refractivity contribution >= 4 is 23.2 Å². The van der Waals surface area contributed by atoms with Gasteiger partial charge in [-0.25, -0.2) is 0 Å². The topological polar surface area (TPSA) is 58.2 Å². The Hall–Kier alpha value is -2.62. The molecule has 2 aromatic carbocycles. The van der Waals surface area contributed by atoms with Gasteiger partial charge in [-0.1, -0.05) is 56.2 Å². The van der Waals surface area contributed by atoms with Crippen molar-refractivity contribution < 1.29 is 9.59 Å². The quantitative estimate of drug-likeness (QED) is 0.753. The van der Waals surface area contributed by atoms with Gasteiger partial charge in [0.25, 0.3) is 0 Å². The number of nitrogens with one attached hydrogen (secondary N) is 2. The number of hydrogen-bond donors (Lipinski definition) is 2. The molecule has 2 aromatic rings. The highest BCUT2D eigenvalue weighted by molar-refractivity contribution is 5.98. The molecule has 126 valence electrons. The zero-order valence-corrected chi connectivity index (χ0v) is 14.0. The minimum atomic E-state index is -0.325. The third-order valence-corrected chi connectivity index (χ3v) is 3.81. The summed E-state index contributed by atoms with van der Waals surface area (Å²) in [6.45, 7) is 2.08. The molecule has 24 heavy (non-hydrogen) atoms. The fourth-order valence-corrected chi connectivity index (χ4v) is 2.50. The average Bonchev–Trinajstić information content (AvgIpc) is 2.60. The fraction of sp³-hybridized carbons (Fsp3) is 0.300. The van der Waals surface area contributed by atoms with E-state index in [2.05, 4.69) is 17.6 Å². The van der Waals surface area contributed by atoms with E-state index in [1.54, 1.807) is 0 Å². The Morgan fingerprint density at radius 3 is 1.96 bits per heavy atom. The average molecular weight is 324 g/mol. The Morgan fingerprint density at radius 2 is 1.42 bits per heavy atom. The summed E-state index contributed by atoms with van der Waals surface area (Å²) in [4.78, 5) is 24.8. The number of amides is 2. The first-order valence-electron chi connectivity index (χ1n) is 8.40. The van der Waals surface area contributed by atoms with Crippen molar-refractivity contribution in [3.05, 3.63) is 60.7 Å². The lowest BCUT2D eigenvalue weighted by Gasteiger charge is -2.16. The van der Waals surface area contributed by atoms with E-state index in [1.807, 2.05) is 60.7 Å². The van der Waals surface area contributed by atoms with Gasteiger partial charge >= 0.3 is 0 Å². The lowest BCUT2D eigenvalue weighted by Crippen LogP contribution is -2.27. The molecule has 0 radical (unpaired) electrons. The van der Waals surface area contributed by atoms with E-state index in [9.17, 15) is 9.59 Å². The number of carbonyl (C=O) groups is 2. The van der Waals surface area contributed by atoms with Crippen molar-refractivity contribution in [1.82, 2.24) is 0 Å². The predicted octanol–water partition coefficient (Wildman–Crippen LogP) is 4.46. The van der Waals surface area contributed by atoms with Crippen molar-refractivity contribution in [3.63, 3.8) is 0 Å². The number of para-hydroxylation sites is 2. The number of unbranched alkanes of at least 4 members (excludes halogenated alkanes) is 1. The van der Waals surface area contributed by atoms with Gasteiger partial charge in [-0.05, 0) is 30.7 Å². The number of benzene rings is 2. The standard InChI is InChI=1S/C20H24N2O2/c1-2-3-10-16(20(24)22-18-13-8-5-9-14-18)15-19(23)21-17-11-6-4-7-12-17/h4-9,11-14,16H,2-3,10,15H2,1H3,(H,21,23)(H,22,24)/t16-/m0/s1. The summed E-state index contributed by atoms with van der Waals surface area (Å²) in [6.07, 6.45) is 2.81. The van der Waals surface area contributed by atoms with E-state index in [-0.39, 0.29) is 24.2 Å². The molecule has 4 heteroatoms. The van der Waals surface area contributed by atoms with Crippen LogP contribution in [0.1, 0.15) is 32.6 Å². The third kappa shape index (κ3) is 5.88. The first-order chi connectivity index (χ1) is 11.7. The molecule has 2 amide bonds. The van der Waals surface area contributed by atoms with Crippen molar-refractivity contribution in [2.75, 3.05) is 10.6 Å². The second-order valence-corrected chi connectivity index (χ2v) is 5.81. The second kappa shape index (κ2) is 9.50. The first kappa shape index (κ1) is 17.7. The molecule has 0 bridgehead atoms. The van der Waals surface area contributed by atoms with Crippen LogP contribution in [-0.2, 0) is 9.59 Å². The van der Waals surface area contributed by atoms with Gasteiger partial charge in [-0.15, -0.1) is 0 Å². The highest BCUT2D eigenvalue weighted by Crippen LogP contribution is 2.18. The molecule has 4 nitrogen and oxygen atoms in total. The van der Waals surface area contributed by atoms with Gasteiger partial charge < -0.3 is 10.6 Å². The molecule has 0 fully saturated rings. The Morgan fingerprint density at radius 1 is 0.875 bits per heavy atom. The van der Waals surface area contributed by atoms with E-state index >= 15 is 0 Å². The SMILES string of the molecule is CCCC[C@@H](CC(=O)Nc1ccccc1)C(=O)Nc1ccccc1. The predicted molar refractivity (Wildman–Crippen MR) is 97.8 cm³/mol. The normalized spacial score (nSPS) is 11.5. The molecule has 0 aliphatic rings. The van der Waals surface area contributed by atoms with E-state index in [4.69, 9.17) is 0 Å². The molecule has 2 N–H and O–H groups in total. The summed E-state index contributed by atoms with van der Waals surface area (Å²) < 4.78 is 0. The Bertz CT molecular complexity index is 641. The van der Waals surface area contributed by atoms with Crippen LogP contribution in [0.25, 0.3) is 0 Å². The molecular weight excluding hydrogens is 300 g/mol.